The van der Waals surface area contributed by atoms with Crippen molar-refractivity contribution in [3.8, 4) is 11.5 Å². The molecule has 0 spiro atoms. The van der Waals surface area contributed by atoms with Gasteiger partial charge in [-0.15, -0.1) is 24.0 Å². The number of hydrogen-bond acceptors (Lipinski definition) is 4. The predicted molar refractivity (Wildman–Crippen MR) is 136 cm³/mol. The van der Waals surface area contributed by atoms with Gasteiger partial charge in [-0.3, -0.25) is 0 Å². The van der Waals surface area contributed by atoms with Crippen molar-refractivity contribution in [3.05, 3.63) is 59.7 Å². The van der Waals surface area contributed by atoms with Crippen LogP contribution in [0.2, 0.25) is 0 Å². The van der Waals surface area contributed by atoms with Gasteiger partial charge in [0.1, 0.15) is 11.5 Å². The summed E-state index contributed by atoms with van der Waals surface area (Å²) < 4.78 is 41.5. The van der Waals surface area contributed by atoms with E-state index in [0.29, 0.717) is 36.3 Å². The van der Waals surface area contributed by atoms with Crippen LogP contribution in [0.3, 0.4) is 0 Å². The van der Waals surface area contributed by atoms with Gasteiger partial charge in [-0.25, -0.2) is 4.99 Å². The summed E-state index contributed by atoms with van der Waals surface area (Å²) >= 11 is 0. The molecule has 3 rings (SSSR count). The lowest BCUT2D eigenvalue weighted by atomic mass is 9.89. The minimum absolute atomic E-state index is 0. The zero-order valence-electron chi connectivity index (χ0n) is 18.9. The summed E-state index contributed by atoms with van der Waals surface area (Å²) in [5.41, 5.74) is 1.69. The number of nitrogens with one attached hydrogen (secondary N) is 2. The van der Waals surface area contributed by atoms with Crippen LogP contribution in [0.4, 0.5) is 8.78 Å². The molecule has 6 nitrogen and oxygen atoms in total. The average molecular weight is 575 g/mol. The van der Waals surface area contributed by atoms with E-state index in [1.165, 1.54) is 18.7 Å². The number of guanidine groups is 1. The van der Waals surface area contributed by atoms with Crippen LogP contribution in [0.1, 0.15) is 37.0 Å². The van der Waals surface area contributed by atoms with Crippen molar-refractivity contribution in [2.24, 2.45) is 10.9 Å². The molecule has 33 heavy (non-hydrogen) atoms. The highest BCUT2D eigenvalue weighted by molar-refractivity contribution is 14.0. The number of ether oxygens (including phenoxy) is 3. The largest absolute Gasteiger partial charge is 0.497 e. The summed E-state index contributed by atoms with van der Waals surface area (Å²) in [7, 11) is 1.52. The second-order valence-electron chi connectivity index (χ2n) is 7.53. The molecule has 2 N–H and O–H groups in total. The molecule has 2 aromatic carbocycles. The second kappa shape index (κ2) is 14.2. The molecule has 1 heterocycles. The quantitative estimate of drug-likeness (QED) is 0.247. The summed E-state index contributed by atoms with van der Waals surface area (Å²) in [6.07, 6.45) is 2.10. The number of nitrogens with zero attached hydrogens (tertiary/aromatic N) is 1. The highest BCUT2D eigenvalue weighted by Crippen LogP contribution is 2.33. The maximum absolute atomic E-state index is 12.8. The first kappa shape index (κ1) is 27.1. The van der Waals surface area contributed by atoms with Gasteiger partial charge in [-0.2, -0.15) is 8.78 Å². The third-order valence-electron chi connectivity index (χ3n) is 5.34. The third-order valence-corrected chi connectivity index (χ3v) is 5.34. The average Bonchev–Trinajstić information content (AvgIpc) is 2.82. The summed E-state index contributed by atoms with van der Waals surface area (Å²) in [4.78, 5) is 4.58. The Bertz CT molecular complexity index is 871. The van der Waals surface area contributed by atoms with Gasteiger partial charge in [-0.05, 0) is 43.5 Å². The van der Waals surface area contributed by atoms with Crippen molar-refractivity contribution in [1.29, 1.82) is 0 Å². The monoisotopic (exact) mass is 575 g/mol. The highest BCUT2D eigenvalue weighted by atomic mass is 127. The van der Waals surface area contributed by atoms with Crippen LogP contribution in [0.5, 0.6) is 11.5 Å². The standard InChI is InChI=1S/C24H31F2N3O3.HI/c1-3-27-24(29-16-19-14-20(30-2)11-12-21(19)32-23(25)26)28-15-18-10-7-13-31-22(18)17-8-5-4-6-9-17;/h4-6,8-9,11-12,14,18,22-23H,3,7,10,13,15-16H2,1-2H3,(H2,27,28,29);1H. The van der Waals surface area contributed by atoms with E-state index in [0.717, 1.165) is 19.4 Å². The van der Waals surface area contributed by atoms with Crippen LogP contribution in [0.15, 0.2) is 53.5 Å². The molecule has 1 aliphatic heterocycles. The van der Waals surface area contributed by atoms with E-state index in [2.05, 4.69) is 32.5 Å². The van der Waals surface area contributed by atoms with Gasteiger partial charge in [0.25, 0.3) is 0 Å². The van der Waals surface area contributed by atoms with Crippen molar-refractivity contribution < 1.29 is 23.0 Å². The van der Waals surface area contributed by atoms with Gasteiger partial charge < -0.3 is 24.8 Å². The van der Waals surface area contributed by atoms with Crippen LogP contribution in [-0.4, -0.2) is 39.4 Å². The van der Waals surface area contributed by atoms with Gasteiger partial charge in [0.05, 0.1) is 19.8 Å². The van der Waals surface area contributed by atoms with E-state index in [4.69, 9.17) is 9.47 Å². The van der Waals surface area contributed by atoms with Gasteiger partial charge in [0, 0.05) is 31.2 Å². The number of hydrogen-bond donors (Lipinski definition) is 2. The Labute approximate surface area is 211 Å². The van der Waals surface area contributed by atoms with Crippen LogP contribution < -0.4 is 20.1 Å². The molecule has 2 aromatic rings. The number of methoxy groups -OCH3 is 1. The fraction of sp³-hybridized carbons (Fsp3) is 0.458. The van der Waals surface area contributed by atoms with Crippen molar-refractivity contribution in [2.45, 2.75) is 39.0 Å². The fourth-order valence-corrected chi connectivity index (χ4v) is 3.81. The maximum atomic E-state index is 12.8. The molecule has 1 saturated heterocycles. The van der Waals surface area contributed by atoms with Gasteiger partial charge >= 0.3 is 6.61 Å². The summed E-state index contributed by atoms with van der Waals surface area (Å²) in [5.74, 6) is 1.55. The molecule has 1 aliphatic rings. The van der Waals surface area contributed by atoms with Crippen molar-refractivity contribution >= 4 is 29.9 Å². The lowest BCUT2D eigenvalue weighted by molar-refractivity contribution is -0.0504. The number of halogens is 3. The molecule has 0 radical (unpaired) electrons. The number of benzene rings is 2. The van der Waals surface area contributed by atoms with Crippen molar-refractivity contribution in [3.63, 3.8) is 0 Å². The Kier molecular flexibility index (Phi) is 11.7. The van der Waals surface area contributed by atoms with Crippen molar-refractivity contribution in [1.82, 2.24) is 10.6 Å². The number of alkyl halides is 2. The highest BCUT2D eigenvalue weighted by Gasteiger charge is 2.27. The molecule has 2 unspecified atom stereocenters. The molecule has 2 atom stereocenters. The SMILES string of the molecule is CCNC(=NCc1cc(OC)ccc1OC(F)F)NCC1CCCOC1c1ccccc1.I. The molecule has 9 heteroatoms. The molecular weight excluding hydrogens is 543 g/mol. The molecular formula is C24H32F2IN3O3. The Morgan fingerprint density at radius 2 is 1.97 bits per heavy atom. The van der Waals surface area contributed by atoms with E-state index in [1.807, 2.05) is 25.1 Å². The number of aliphatic imine (C=N–C) groups is 1. The van der Waals surface area contributed by atoms with E-state index in [1.54, 1.807) is 12.1 Å². The molecule has 0 aromatic heterocycles. The minimum atomic E-state index is -2.90. The summed E-state index contributed by atoms with van der Waals surface area (Å²) in [5, 5.41) is 6.60. The van der Waals surface area contributed by atoms with Gasteiger partial charge in [0.2, 0.25) is 0 Å². The molecule has 1 fully saturated rings. The maximum Gasteiger partial charge on any atom is 0.387 e. The van der Waals surface area contributed by atoms with Crippen LogP contribution >= 0.6 is 24.0 Å². The Morgan fingerprint density at radius 1 is 1.18 bits per heavy atom. The first-order chi connectivity index (χ1) is 15.6. The second-order valence-corrected chi connectivity index (χ2v) is 7.53. The summed E-state index contributed by atoms with van der Waals surface area (Å²) in [6.45, 7) is 1.35. The van der Waals surface area contributed by atoms with Crippen LogP contribution in [0.25, 0.3) is 0 Å². The predicted octanol–water partition coefficient (Wildman–Crippen LogP) is 5.14. The lowest BCUT2D eigenvalue weighted by Crippen LogP contribution is -2.42. The Morgan fingerprint density at radius 3 is 2.67 bits per heavy atom. The molecule has 0 aliphatic carbocycles. The normalized spacial score (nSPS) is 18.4. The van der Waals surface area contributed by atoms with Gasteiger partial charge in [-0.1, -0.05) is 30.3 Å². The first-order valence-corrected chi connectivity index (χ1v) is 10.9. The van der Waals surface area contributed by atoms with E-state index >= 15 is 0 Å². The first-order valence-electron chi connectivity index (χ1n) is 10.9. The smallest absolute Gasteiger partial charge is 0.387 e. The van der Waals surface area contributed by atoms with Gasteiger partial charge in [0.15, 0.2) is 5.96 Å². The van der Waals surface area contributed by atoms with Crippen LogP contribution in [0, 0.1) is 5.92 Å². The third kappa shape index (κ3) is 8.29. The van der Waals surface area contributed by atoms with E-state index in [9.17, 15) is 8.78 Å². The van der Waals surface area contributed by atoms with E-state index in [-0.39, 0.29) is 42.4 Å². The topological polar surface area (TPSA) is 64.1 Å². The molecule has 0 saturated carbocycles. The van der Waals surface area contributed by atoms with Crippen LogP contribution in [-0.2, 0) is 11.3 Å². The summed E-state index contributed by atoms with van der Waals surface area (Å²) in [6, 6.07) is 14.9. The Balaban J connectivity index is 0.00000385. The zero-order chi connectivity index (χ0) is 22.8. The number of rotatable bonds is 9. The zero-order valence-corrected chi connectivity index (χ0v) is 21.3. The fourth-order valence-electron chi connectivity index (χ4n) is 3.81. The minimum Gasteiger partial charge on any atom is -0.497 e. The molecule has 0 bridgehead atoms. The molecule has 0 amide bonds. The van der Waals surface area contributed by atoms with E-state index < -0.39 is 6.61 Å². The Hall–Kier alpha value is -2.14. The molecule has 182 valence electrons. The van der Waals surface area contributed by atoms with Crippen molar-refractivity contribution in [2.75, 3.05) is 26.8 Å². The lowest BCUT2D eigenvalue weighted by Gasteiger charge is -2.32.